The second-order valence-corrected chi connectivity index (χ2v) is 10.9. The first-order valence-corrected chi connectivity index (χ1v) is 13.2. The van der Waals surface area contributed by atoms with Crippen LogP contribution < -0.4 is 0 Å². The molecule has 3 heteroatoms. The largest absolute Gasteiger partial charge is 0.309 e. The zero-order valence-electron chi connectivity index (χ0n) is 19.5. The van der Waals surface area contributed by atoms with Crippen molar-refractivity contribution in [1.82, 2.24) is 4.57 Å². The molecule has 6 rings (SSSR count). The number of benzene rings is 5. The Labute approximate surface area is 222 Å². The maximum absolute atomic E-state index is 3.69. The fourth-order valence-corrected chi connectivity index (χ4v) is 5.73. The quantitative estimate of drug-likeness (QED) is 0.196. The molecule has 0 saturated heterocycles. The van der Waals surface area contributed by atoms with E-state index in [0.29, 0.717) is 0 Å². The molecule has 1 nitrogen and oxygen atoms in total. The summed E-state index contributed by atoms with van der Waals surface area (Å²) in [6, 6.07) is 37.3. The Kier molecular flexibility index (Phi) is 5.63. The monoisotopic (exact) mass is 579 g/mol. The zero-order valence-corrected chi connectivity index (χ0v) is 22.7. The van der Waals surface area contributed by atoms with E-state index >= 15 is 0 Å². The SMILES string of the molecule is Cc1ccc(Br)cc1-c1cc(-c2ccc3c(c2)c2cc(Br)ccc2n3-c2ccccc2)ccc1C. The van der Waals surface area contributed by atoms with Crippen LogP contribution in [0.5, 0.6) is 0 Å². The Morgan fingerprint density at radius 3 is 1.83 bits per heavy atom. The summed E-state index contributed by atoms with van der Waals surface area (Å²) < 4.78 is 4.54. The lowest BCUT2D eigenvalue weighted by Crippen LogP contribution is -1.93. The van der Waals surface area contributed by atoms with Gasteiger partial charge in [0.2, 0.25) is 0 Å². The molecule has 6 aromatic rings. The van der Waals surface area contributed by atoms with Crippen LogP contribution in [0.25, 0.3) is 49.7 Å². The zero-order chi connectivity index (χ0) is 24.1. The predicted molar refractivity (Wildman–Crippen MR) is 157 cm³/mol. The van der Waals surface area contributed by atoms with Crippen molar-refractivity contribution in [2.45, 2.75) is 13.8 Å². The van der Waals surface area contributed by atoms with Gasteiger partial charge in [0, 0.05) is 25.4 Å². The van der Waals surface area contributed by atoms with Gasteiger partial charge in [-0.1, -0.05) is 74.3 Å². The average Bonchev–Trinajstić information content (AvgIpc) is 3.19. The van der Waals surface area contributed by atoms with Gasteiger partial charge in [-0.25, -0.2) is 0 Å². The Bertz CT molecular complexity index is 1730. The molecule has 35 heavy (non-hydrogen) atoms. The lowest BCUT2D eigenvalue weighted by Gasteiger charge is -2.13. The molecule has 0 amide bonds. The summed E-state index contributed by atoms with van der Waals surface area (Å²) in [6.07, 6.45) is 0. The Balaban J connectivity index is 1.58. The molecule has 0 unspecified atom stereocenters. The van der Waals surface area contributed by atoms with Gasteiger partial charge in [0.15, 0.2) is 0 Å². The molecule has 0 aliphatic carbocycles. The van der Waals surface area contributed by atoms with E-state index in [1.54, 1.807) is 0 Å². The van der Waals surface area contributed by atoms with Gasteiger partial charge in [-0.2, -0.15) is 0 Å². The fourth-order valence-electron chi connectivity index (χ4n) is 5.01. The van der Waals surface area contributed by atoms with Crippen LogP contribution in [-0.2, 0) is 0 Å². The molecular weight excluding hydrogens is 558 g/mol. The molecule has 0 bridgehead atoms. The van der Waals surface area contributed by atoms with Crippen LogP contribution in [-0.4, -0.2) is 4.57 Å². The highest BCUT2D eigenvalue weighted by molar-refractivity contribution is 9.10. The minimum Gasteiger partial charge on any atom is -0.309 e. The van der Waals surface area contributed by atoms with E-state index in [1.165, 1.54) is 60.9 Å². The smallest absolute Gasteiger partial charge is 0.0541 e. The lowest BCUT2D eigenvalue weighted by molar-refractivity contribution is 1.18. The maximum Gasteiger partial charge on any atom is 0.0541 e. The third-order valence-corrected chi connectivity index (χ3v) is 7.79. The molecule has 0 radical (unpaired) electrons. The van der Waals surface area contributed by atoms with Crippen molar-refractivity contribution < 1.29 is 0 Å². The molecular formula is C32H23Br2N. The number of hydrogen-bond acceptors (Lipinski definition) is 0. The Morgan fingerprint density at radius 1 is 0.514 bits per heavy atom. The van der Waals surface area contributed by atoms with E-state index in [2.05, 4.69) is 153 Å². The fraction of sp³-hybridized carbons (Fsp3) is 0.0625. The normalized spacial score (nSPS) is 11.4. The van der Waals surface area contributed by atoms with Gasteiger partial charge in [-0.05, 0) is 108 Å². The Hall–Kier alpha value is -3.14. The van der Waals surface area contributed by atoms with E-state index in [4.69, 9.17) is 0 Å². The number of aromatic nitrogens is 1. The lowest BCUT2D eigenvalue weighted by atomic mass is 9.92. The molecule has 0 aliphatic heterocycles. The van der Waals surface area contributed by atoms with Crippen LogP contribution in [0.4, 0.5) is 0 Å². The first kappa shape index (κ1) is 22.3. The standard InChI is InChI=1S/C32H23Br2N/c1-20-8-10-22(16-27(20)28-18-24(33)12-9-21(28)2)23-11-14-31-29(17-23)30-19-25(34)13-15-32(30)35(31)26-6-4-3-5-7-26/h3-19H,1-2H3. The summed E-state index contributed by atoms with van der Waals surface area (Å²) in [4.78, 5) is 0. The number of para-hydroxylation sites is 1. The van der Waals surface area contributed by atoms with Crippen molar-refractivity contribution in [1.29, 1.82) is 0 Å². The van der Waals surface area contributed by atoms with E-state index in [9.17, 15) is 0 Å². The van der Waals surface area contributed by atoms with Crippen LogP contribution in [0.2, 0.25) is 0 Å². The average molecular weight is 581 g/mol. The highest BCUT2D eigenvalue weighted by Gasteiger charge is 2.14. The minimum atomic E-state index is 1.09. The van der Waals surface area contributed by atoms with E-state index in [1.807, 2.05) is 0 Å². The number of fused-ring (bicyclic) bond motifs is 3. The molecule has 0 fully saturated rings. The number of aryl methyl sites for hydroxylation is 2. The van der Waals surface area contributed by atoms with Crippen LogP contribution in [0, 0.1) is 13.8 Å². The Morgan fingerprint density at radius 2 is 1.06 bits per heavy atom. The second kappa shape index (κ2) is 8.82. The van der Waals surface area contributed by atoms with Gasteiger partial charge < -0.3 is 4.57 Å². The van der Waals surface area contributed by atoms with Gasteiger partial charge in [0.05, 0.1) is 11.0 Å². The second-order valence-electron chi connectivity index (χ2n) is 9.05. The molecule has 170 valence electrons. The van der Waals surface area contributed by atoms with Crippen molar-refractivity contribution in [2.24, 2.45) is 0 Å². The van der Waals surface area contributed by atoms with Gasteiger partial charge in [0.1, 0.15) is 0 Å². The van der Waals surface area contributed by atoms with Gasteiger partial charge in [0.25, 0.3) is 0 Å². The molecule has 0 atom stereocenters. The van der Waals surface area contributed by atoms with Crippen LogP contribution >= 0.6 is 31.9 Å². The van der Waals surface area contributed by atoms with Crippen molar-refractivity contribution in [3.8, 4) is 27.9 Å². The molecule has 0 spiro atoms. The third kappa shape index (κ3) is 3.93. The van der Waals surface area contributed by atoms with Crippen molar-refractivity contribution in [2.75, 3.05) is 0 Å². The molecule has 5 aromatic carbocycles. The van der Waals surface area contributed by atoms with Crippen LogP contribution in [0.1, 0.15) is 11.1 Å². The van der Waals surface area contributed by atoms with Gasteiger partial charge in [-0.15, -0.1) is 0 Å². The van der Waals surface area contributed by atoms with Crippen molar-refractivity contribution in [3.63, 3.8) is 0 Å². The van der Waals surface area contributed by atoms with Crippen LogP contribution in [0.15, 0.2) is 112 Å². The van der Waals surface area contributed by atoms with E-state index < -0.39 is 0 Å². The predicted octanol–water partition coefficient (Wildman–Crippen LogP) is 10.3. The number of hydrogen-bond donors (Lipinski definition) is 0. The first-order chi connectivity index (χ1) is 17.0. The van der Waals surface area contributed by atoms with Crippen molar-refractivity contribution in [3.05, 3.63) is 123 Å². The summed E-state index contributed by atoms with van der Waals surface area (Å²) in [7, 11) is 0. The highest BCUT2D eigenvalue weighted by atomic mass is 79.9. The van der Waals surface area contributed by atoms with Crippen molar-refractivity contribution >= 4 is 53.7 Å². The summed E-state index contributed by atoms with van der Waals surface area (Å²) in [5.74, 6) is 0. The number of nitrogens with zero attached hydrogens (tertiary/aromatic N) is 1. The number of halogens is 2. The first-order valence-electron chi connectivity index (χ1n) is 11.7. The summed E-state index contributed by atoms with van der Waals surface area (Å²) >= 11 is 7.34. The highest BCUT2D eigenvalue weighted by Crippen LogP contribution is 2.38. The van der Waals surface area contributed by atoms with E-state index in [0.717, 1.165) is 8.95 Å². The molecule has 0 aliphatic rings. The number of rotatable bonds is 3. The topological polar surface area (TPSA) is 4.93 Å². The third-order valence-electron chi connectivity index (χ3n) is 6.80. The summed E-state index contributed by atoms with van der Waals surface area (Å²) in [5.41, 5.74) is 11.1. The maximum atomic E-state index is 3.69. The van der Waals surface area contributed by atoms with Crippen LogP contribution in [0.3, 0.4) is 0 Å². The molecule has 0 N–H and O–H groups in total. The van der Waals surface area contributed by atoms with Gasteiger partial charge in [-0.3, -0.25) is 0 Å². The molecule has 1 heterocycles. The summed E-state index contributed by atoms with van der Waals surface area (Å²) in [5, 5.41) is 2.50. The summed E-state index contributed by atoms with van der Waals surface area (Å²) in [6.45, 7) is 4.36. The van der Waals surface area contributed by atoms with Gasteiger partial charge >= 0.3 is 0 Å². The minimum absolute atomic E-state index is 1.09. The molecule has 1 aromatic heterocycles. The van der Waals surface area contributed by atoms with E-state index in [-0.39, 0.29) is 0 Å². The molecule has 0 saturated carbocycles.